The van der Waals surface area contributed by atoms with Crippen LogP contribution < -0.4 is 0 Å². The van der Waals surface area contributed by atoms with Crippen LogP contribution in [0.1, 0.15) is 79.1 Å². The molecule has 2 N–H and O–H groups in total. The van der Waals surface area contributed by atoms with Gasteiger partial charge in [-0.3, -0.25) is 4.79 Å². The summed E-state index contributed by atoms with van der Waals surface area (Å²) >= 11 is 0. The molecule has 35 heavy (non-hydrogen) atoms. The molecule has 0 aromatic heterocycles. The summed E-state index contributed by atoms with van der Waals surface area (Å²) in [4.78, 5) is 26.3. The minimum atomic E-state index is -1.53. The first-order chi connectivity index (χ1) is 16.3. The standard InChI is InChI=1S/C28H38O7/c1-23-10-16(17(11-23)34-22(30)26(23,4)31)27(32)8-6-14-13-9-19-28(35-19)12-18-20(33-18)21(29)25(28,3)15(13)5-7-24(14,27)2/h13-20,31-32H,5-12H2,1-4H3. The zero-order valence-electron chi connectivity index (χ0n) is 21.2. The van der Waals surface area contributed by atoms with Gasteiger partial charge in [0.15, 0.2) is 11.4 Å². The highest BCUT2D eigenvalue weighted by atomic mass is 16.6. The lowest BCUT2D eigenvalue weighted by Crippen LogP contribution is -2.64. The summed E-state index contributed by atoms with van der Waals surface area (Å²) in [6.45, 7) is 7.97. The van der Waals surface area contributed by atoms with Crippen molar-refractivity contribution in [3.63, 3.8) is 0 Å². The van der Waals surface area contributed by atoms with E-state index >= 15 is 0 Å². The van der Waals surface area contributed by atoms with Gasteiger partial charge in [0.1, 0.15) is 17.8 Å². The molecule has 0 aromatic rings. The van der Waals surface area contributed by atoms with Gasteiger partial charge in [0.05, 0.1) is 23.2 Å². The van der Waals surface area contributed by atoms with Crippen LogP contribution in [-0.2, 0) is 23.8 Å². The molecule has 8 rings (SSSR count). The zero-order chi connectivity index (χ0) is 24.6. The van der Waals surface area contributed by atoms with Crippen LogP contribution in [-0.4, -0.2) is 63.2 Å². The summed E-state index contributed by atoms with van der Waals surface area (Å²) in [5, 5.41) is 23.5. The molecule has 8 fully saturated rings. The van der Waals surface area contributed by atoms with Crippen LogP contribution in [0.15, 0.2) is 0 Å². The summed E-state index contributed by atoms with van der Waals surface area (Å²) in [6.07, 6.45) is 5.99. The molecule has 8 aliphatic rings. The molecule has 3 heterocycles. The SMILES string of the molecule is CC12CC(OC(=O)C1(C)O)C(C1(O)CCC3C4CC5OC56CC5OC5C(=O)C6(C)C4CCC31C)C2. The number of ketones is 1. The highest BCUT2D eigenvalue weighted by molar-refractivity contribution is 5.94. The van der Waals surface area contributed by atoms with Crippen molar-refractivity contribution >= 4 is 11.8 Å². The lowest BCUT2D eigenvalue weighted by molar-refractivity contribution is -0.201. The minimum absolute atomic E-state index is 0.0607. The molecule has 3 aliphatic heterocycles. The minimum Gasteiger partial charge on any atom is -0.460 e. The van der Waals surface area contributed by atoms with Crippen LogP contribution in [0.3, 0.4) is 0 Å². The summed E-state index contributed by atoms with van der Waals surface area (Å²) in [6, 6.07) is 0. The highest BCUT2D eigenvalue weighted by Crippen LogP contribution is 2.76. The van der Waals surface area contributed by atoms with E-state index in [0.29, 0.717) is 31.1 Å². The fourth-order valence-electron chi connectivity index (χ4n) is 11.2. The van der Waals surface area contributed by atoms with Gasteiger partial charge in [-0.15, -0.1) is 0 Å². The number of aliphatic hydroxyl groups is 2. The zero-order valence-corrected chi connectivity index (χ0v) is 21.2. The Bertz CT molecular complexity index is 1070. The van der Waals surface area contributed by atoms with Gasteiger partial charge >= 0.3 is 5.97 Å². The molecule has 0 aromatic carbocycles. The van der Waals surface area contributed by atoms with Gasteiger partial charge in [0.2, 0.25) is 0 Å². The van der Waals surface area contributed by atoms with E-state index in [1.54, 1.807) is 6.92 Å². The van der Waals surface area contributed by atoms with Gasteiger partial charge in [-0.2, -0.15) is 0 Å². The van der Waals surface area contributed by atoms with E-state index in [0.717, 1.165) is 32.1 Å². The number of epoxide rings is 2. The molecule has 2 bridgehead atoms. The smallest absolute Gasteiger partial charge is 0.338 e. The predicted molar refractivity (Wildman–Crippen MR) is 122 cm³/mol. The number of Topliss-reactive ketones (excluding diaryl/α,β-unsaturated/α-hetero) is 1. The third-order valence-electron chi connectivity index (χ3n) is 13.6. The molecule has 14 unspecified atom stereocenters. The van der Waals surface area contributed by atoms with Crippen LogP contribution in [0, 0.1) is 39.9 Å². The van der Waals surface area contributed by atoms with Crippen molar-refractivity contribution < 1.29 is 34.0 Å². The van der Waals surface area contributed by atoms with E-state index in [1.165, 1.54) is 0 Å². The number of ether oxygens (including phenoxy) is 3. The molecule has 5 saturated carbocycles. The monoisotopic (exact) mass is 486 g/mol. The van der Waals surface area contributed by atoms with Crippen LogP contribution in [0.2, 0.25) is 0 Å². The first-order valence-corrected chi connectivity index (χ1v) is 13.9. The van der Waals surface area contributed by atoms with Crippen molar-refractivity contribution in [3.8, 4) is 0 Å². The molecule has 1 spiro atoms. The van der Waals surface area contributed by atoms with E-state index in [4.69, 9.17) is 14.2 Å². The second-order valence-electron chi connectivity index (χ2n) is 14.5. The second kappa shape index (κ2) is 5.84. The summed E-state index contributed by atoms with van der Waals surface area (Å²) in [5.74, 6) is 0.441. The Morgan fingerprint density at radius 2 is 1.63 bits per heavy atom. The number of hydrogen-bond donors (Lipinski definition) is 2. The lowest BCUT2D eigenvalue weighted by Gasteiger charge is -2.59. The first-order valence-electron chi connectivity index (χ1n) is 13.9. The molecule has 0 radical (unpaired) electrons. The van der Waals surface area contributed by atoms with E-state index in [-0.39, 0.29) is 53.1 Å². The third-order valence-corrected chi connectivity index (χ3v) is 13.6. The van der Waals surface area contributed by atoms with Crippen molar-refractivity contribution in [3.05, 3.63) is 0 Å². The fraction of sp³-hybridized carbons (Fsp3) is 0.929. The summed E-state index contributed by atoms with van der Waals surface area (Å²) in [5.41, 5.74) is -4.21. The molecular weight excluding hydrogens is 448 g/mol. The molecule has 5 aliphatic carbocycles. The van der Waals surface area contributed by atoms with E-state index < -0.39 is 28.0 Å². The van der Waals surface area contributed by atoms with Gasteiger partial charge in [0, 0.05) is 17.8 Å². The van der Waals surface area contributed by atoms with E-state index in [1.807, 2.05) is 6.92 Å². The van der Waals surface area contributed by atoms with Crippen LogP contribution >= 0.6 is 0 Å². The van der Waals surface area contributed by atoms with Crippen molar-refractivity contribution in [1.29, 1.82) is 0 Å². The molecule has 14 atom stereocenters. The summed E-state index contributed by atoms with van der Waals surface area (Å²) < 4.78 is 18.0. The first kappa shape index (κ1) is 22.0. The van der Waals surface area contributed by atoms with E-state index in [2.05, 4.69) is 13.8 Å². The average molecular weight is 487 g/mol. The van der Waals surface area contributed by atoms with Crippen molar-refractivity contribution in [2.75, 3.05) is 0 Å². The predicted octanol–water partition coefficient (Wildman–Crippen LogP) is 2.54. The molecule has 0 amide bonds. The molecule has 7 heteroatoms. The number of esters is 1. The Hall–Kier alpha value is -1.02. The number of carbonyl (C=O) groups is 2. The van der Waals surface area contributed by atoms with Gasteiger partial charge in [-0.05, 0) is 82.0 Å². The Labute approximate surface area is 206 Å². The third kappa shape index (κ3) is 2.13. The topological polar surface area (TPSA) is 109 Å². The molecule has 192 valence electrons. The van der Waals surface area contributed by atoms with Gasteiger partial charge in [-0.25, -0.2) is 4.79 Å². The maximum Gasteiger partial charge on any atom is 0.338 e. The number of fused-ring (bicyclic) bond motifs is 7. The largest absolute Gasteiger partial charge is 0.460 e. The van der Waals surface area contributed by atoms with Crippen molar-refractivity contribution in [2.45, 2.75) is 120 Å². The van der Waals surface area contributed by atoms with Crippen LogP contribution in [0.25, 0.3) is 0 Å². The van der Waals surface area contributed by atoms with Crippen molar-refractivity contribution in [2.24, 2.45) is 39.9 Å². The van der Waals surface area contributed by atoms with Gasteiger partial charge in [0.25, 0.3) is 0 Å². The number of rotatable bonds is 1. The Morgan fingerprint density at radius 3 is 2.40 bits per heavy atom. The van der Waals surface area contributed by atoms with Crippen LogP contribution in [0.5, 0.6) is 0 Å². The Morgan fingerprint density at radius 1 is 0.886 bits per heavy atom. The number of carbonyl (C=O) groups excluding carboxylic acids is 2. The summed E-state index contributed by atoms with van der Waals surface area (Å²) in [7, 11) is 0. The molecule has 7 nitrogen and oxygen atoms in total. The highest BCUT2D eigenvalue weighted by Gasteiger charge is 2.83. The molecular formula is C28H38O7. The second-order valence-corrected chi connectivity index (χ2v) is 14.5. The van der Waals surface area contributed by atoms with Crippen molar-refractivity contribution in [1.82, 2.24) is 0 Å². The fourth-order valence-corrected chi connectivity index (χ4v) is 11.2. The average Bonchev–Trinajstić information content (AvgIpc) is 3.66. The Balaban J connectivity index is 1.14. The normalized spacial score (nSPS) is 67.6. The number of hydrogen-bond acceptors (Lipinski definition) is 7. The quantitative estimate of drug-likeness (QED) is 0.433. The van der Waals surface area contributed by atoms with E-state index in [9.17, 15) is 19.8 Å². The lowest BCUT2D eigenvalue weighted by atomic mass is 9.43. The maximum atomic E-state index is 13.6. The van der Waals surface area contributed by atoms with Crippen LogP contribution in [0.4, 0.5) is 0 Å². The Kier molecular flexibility index (Phi) is 3.67. The van der Waals surface area contributed by atoms with Gasteiger partial charge in [-0.1, -0.05) is 13.8 Å². The van der Waals surface area contributed by atoms with Gasteiger partial charge < -0.3 is 24.4 Å². The maximum absolute atomic E-state index is 13.6. The molecule has 3 saturated heterocycles.